The summed E-state index contributed by atoms with van der Waals surface area (Å²) in [5.41, 5.74) is 1.43. The van der Waals surface area contributed by atoms with Crippen molar-refractivity contribution in [1.29, 1.82) is 0 Å². The van der Waals surface area contributed by atoms with E-state index in [1.54, 1.807) is 0 Å². The minimum atomic E-state index is -3.90. The van der Waals surface area contributed by atoms with Crippen molar-refractivity contribution in [2.45, 2.75) is 11.3 Å². The first kappa shape index (κ1) is 17.2. The molecule has 2 aromatic carbocycles. The molecule has 130 valence electrons. The predicted molar refractivity (Wildman–Crippen MR) is 92.4 cm³/mol. The molecule has 9 heteroatoms. The van der Waals surface area contributed by atoms with E-state index in [0.717, 1.165) is 0 Å². The number of esters is 1. The Balaban J connectivity index is 1.91. The number of methoxy groups -OCH3 is 1. The first-order valence-electron chi connectivity index (χ1n) is 7.13. The number of fused-ring (bicyclic) bond motifs is 1. The molecule has 0 atom stereocenters. The average molecular weight is 381 g/mol. The molecule has 0 saturated carbocycles. The van der Waals surface area contributed by atoms with Gasteiger partial charge in [-0.2, -0.15) is 0 Å². The Labute approximate surface area is 149 Å². The molecule has 7 nitrogen and oxygen atoms in total. The molecule has 3 rings (SSSR count). The Morgan fingerprint density at radius 2 is 2.00 bits per heavy atom. The van der Waals surface area contributed by atoms with Gasteiger partial charge >= 0.3 is 5.97 Å². The van der Waals surface area contributed by atoms with Crippen molar-refractivity contribution < 1.29 is 22.7 Å². The highest BCUT2D eigenvalue weighted by atomic mass is 35.5. The molecule has 1 aliphatic rings. The third-order valence-corrected chi connectivity index (χ3v) is 5.34. The number of amides is 1. The van der Waals surface area contributed by atoms with E-state index in [2.05, 4.69) is 14.8 Å². The number of ether oxygens (including phenoxy) is 1. The molecule has 1 amide bonds. The van der Waals surface area contributed by atoms with Crippen LogP contribution in [-0.4, -0.2) is 27.4 Å². The van der Waals surface area contributed by atoms with Crippen LogP contribution in [0.3, 0.4) is 0 Å². The summed E-state index contributed by atoms with van der Waals surface area (Å²) >= 11 is 5.92. The first-order chi connectivity index (χ1) is 11.8. The first-order valence-corrected chi connectivity index (χ1v) is 9.00. The smallest absolute Gasteiger partial charge is 0.339 e. The lowest BCUT2D eigenvalue weighted by atomic mass is 10.2. The maximum absolute atomic E-state index is 12.6. The number of anilines is 2. The number of rotatable bonds is 4. The fraction of sp³-hybridized carbons (Fsp3) is 0.125. The second-order valence-electron chi connectivity index (χ2n) is 5.34. The lowest BCUT2D eigenvalue weighted by Gasteiger charge is -2.11. The molecule has 1 aliphatic heterocycles. The number of carbonyl (C=O) groups excluding carboxylic acids is 2. The summed E-state index contributed by atoms with van der Waals surface area (Å²) < 4.78 is 32.1. The Hall–Kier alpha value is -2.58. The maximum Gasteiger partial charge on any atom is 0.339 e. The van der Waals surface area contributed by atoms with E-state index >= 15 is 0 Å². The lowest BCUT2D eigenvalue weighted by Crippen LogP contribution is -2.14. The van der Waals surface area contributed by atoms with Crippen molar-refractivity contribution in [1.82, 2.24) is 0 Å². The largest absolute Gasteiger partial charge is 0.465 e. The number of benzene rings is 2. The standard InChI is InChI=1S/C16H13ClN2O5S/c1-24-16(21)12-8-10(2-4-13(12)17)19-25(22,23)11-3-5-14-9(6-11)7-15(20)18-14/h2-6,8,19H,7H2,1H3,(H,18,20). The Bertz CT molecular complexity index is 988. The Morgan fingerprint density at radius 1 is 1.24 bits per heavy atom. The molecule has 2 N–H and O–H groups in total. The van der Waals surface area contributed by atoms with Gasteiger partial charge in [0.15, 0.2) is 0 Å². The number of hydrogen-bond acceptors (Lipinski definition) is 5. The normalized spacial score (nSPS) is 13.1. The number of carbonyl (C=O) groups is 2. The van der Waals surface area contributed by atoms with Crippen LogP contribution in [-0.2, 0) is 26.0 Å². The zero-order valence-corrected chi connectivity index (χ0v) is 14.6. The molecule has 0 fully saturated rings. The highest BCUT2D eigenvalue weighted by molar-refractivity contribution is 7.92. The molecule has 25 heavy (non-hydrogen) atoms. The van der Waals surface area contributed by atoms with Crippen LogP contribution in [0, 0.1) is 0 Å². The van der Waals surface area contributed by atoms with Gasteiger partial charge in [-0.05, 0) is 42.0 Å². The van der Waals surface area contributed by atoms with E-state index in [4.69, 9.17) is 11.6 Å². The number of halogens is 1. The topological polar surface area (TPSA) is 102 Å². The van der Waals surface area contributed by atoms with E-state index in [-0.39, 0.29) is 33.5 Å². The summed E-state index contributed by atoms with van der Waals surface area (Å²) in [4.78, 5) is 23.1. The highest BCUT2D eigenvalue weighted by Crippen LogP contribution is 2.28. The van der Waals surface area contributed by atoms with Gasteiger partial charge in [0, 0.05) is 11.4 Å². The van der Waals surface area contributed by atoms with Crippen molar-refractivity contribution in [3.05, 3.63) is 52.5 Å². The quantitative estimate of drug-likeness (QED) is 0.793. The van der Waals surface area contributed by atoms with Crippen molar-refractivity contribution in [3.8, 4) is 0 Å². The van der Waals surface area contributed by atoms with E-state index in [0.29, 0.717) is 11.3 Å². The van der Waals surface area contributed by atoms with Gasteiger partial charge in [-0.1, -0.05) is 11.6 Å². The molecule has 0 spiro atoms. The molecule has 0 radical (unpaired) electrons. The Morgan fingerprint density at radius 3 is 2.72 bits per heavy atom. The zero-order chi connectivity index (χ0) is 18.2. The molecule has 0 saturated heterocycles. The van der Waals surface area contributed by atoms with Gasteiger partial charge in [0.2, 0.25) is 5.91 Å². The SMILES string of the molecule is COC(=O)c1cc(NS(=O)(=O)c2ccc3c(c2)CC(=O)N3)ccc1Cl. The van der Waals surface area contributed by atoms with Crippen LogP contribution in [0.15, 0.2) is 41.3 Å². The summed E-state index contributed by atoms with van der Waals surface area (Å²) in [6.07, 6.45) is 0.131. The van der Waals surface area contributed by atoms with Crippen LogP contribution in [0.1, 0.15) is 15.9 Å². The molecule has 2 aromatic rings. The van der Waals surface area contributed by atoms with Crippen LogP contribution < -0.4 is 10.0 Å². The predicted octanol–water partition coefficient (Wildman–Crippen LogP) is 2.42. The van der Waals surface area contributed by atoms with Crippen molar-refractivity contribution in [2.75, 3.05) is 17.1 Å². The third-order valence-electron chi connectivity index (χ3n) is 3.64. The monoisotopic (exact) mass is 380 g/mol. The molecule has 0 aromatic heterocycles. The number of nitrogens with one attached hydrogen (secondary N) is 2. The molecular formula is C16H13ClN2O5S. The third kappa shape index (κ3) is 3.45. The van der Waals surface area contributed by atoms with Gasteiger partial charge in [-0.15, -0.1) is 0 Å². The summed E-state index contributed by atoms with van der Waals surface area (Å²) in [6.45, 7) is 0. The fourth-order valence-corrected chi connectivity index (χ4v) is 3.74. The molecule has 0 unspecified atom stereocenters. The highest BCUT2D eigenvalue weighted by Gasteiger charge is 2.22. The van der Waals surface area contributed by atoms with E-state index in [1.807, 2.05) is 0 Å². The summed E-state index contributed by atoms with van der Waals surface area (Å²) in [5, 5.41) is 2.79. The van der Waals surface area contributed by atoms with Crippen LogP contribution in [0.25, 0.3) is 0 Å². The van der Waals surface area contributed by atoms with Gasteiger partial charge in [0.1, 0.15) is 0 Å². The number of sulfonamides is 1. The van der Waals surface area contributed by atoms with Crippen LogP contribution in [0.2, 0.25) is 5.02 Å². The minimum Gasteiger partial charge on any atom is -0.465 e. The van der Waals surface area contributed by atoms with Gasteiger partial charge in [0.05, 0.1) is 29.0 Å². The van der Waals surface area contributed by atoms with E-state index in [1.165, 1.54) is 43.5 Å². The maximum atomic E-state index is 12.6. The van der Waals surface area contributed by atoms with Crippen LogP contribution >= 0.6 is 11.6 Å². The Kier molecular flexibility index (Phi) is 4.40. The van der Waals surface area contributed by atoms with Crippen molar-refractivity contribution in [3.63, 3.8) is 0 Å². The summed E-state index contributed by atoms with van der Waals surface area (Å²) in [5.74, 6) is -0.855. The van der Waals surface area contributed by atoms with Crippen molar-refractivity contribution in [2.24, 2.45) is 0 Å². The molecule has 0 bridgehead atoms. The molecule has 0 aliphatic carbocycles. The van der Waals surface area contributed by atoms with Gasteiger partial charge in [-0.3, -0.25) is 9.52 Å². The number of hydrogen-bond donors (Lipinski definition) is 2. The molecular weight excluding hydrogens is 368 g/mol. The van der Waals surface area contributed by atoms with Crippen LogP contribution in [0.4, 0.5) is 11.4 Å². The zero-order valence-electron chi connectivity index (χ0n) is 13.0. The second-order valence-corrected chi connectivity index (χ2v) is 7.43. The van der Waals surface area contributed by atoms with Gasteiger partial charge in [-0.25, -0.2) is 13.2 Å². The molecule has 1 heterocycles. The fourth-order valence-electron chi connectivity index (χ4n) is 2.44. The average Bonchev–Trinajstić information content (AvgIpc) is 2.94. The van der Waals surface area contributed by atoms with Crippen molar-refractivity contribution >= 4 is 44.9 Å². The lowest BCUT2D eigenvalue weighted by molar-refractivity contribution is -0.115. The van der Waals surface area contributed by atoms with Crippen LogP contribution in [0.5, 0.6) is 0 Å². The van der Waals surface area contributed by atoms with Gasteiger partial charge < -0.3 is 10.1 Å². The van der Waals surface area contributed by atoms with E-state index in [9.17, 15) is 18.0 Å². The van der Waals surface area contributed by atoms with Gasteiger partial charge in [0.25, 0.3) is 10.0 Å². The summed E-state index contributed by atoms with van der Waals surface area (Å²) in [6, 6.07) is 8.50. The van der Waals surface area contributed by atoms with E-state index < -0.39 is 16.0 Å². The minimum absolute atomic E-state index is 0.0114. The second kappa shape index (κ2) is 6.38. The summed E-state index contributed by atoms with van der Waals surface area (Å²) in [7, 11) is -2.69.